The predicted octanol–water partition coefficient (Wildman–Crippen LogP) is 2.03. The van der Waals surface area contributed by atoms with Crippen molar-refractivity contribution in [2.45, 2.75) is 25.7 Å². The Balaban J connectivity index is 1.63. The molecule has 0 radical (unpaired) electrons. The number of rotatable bonds is 5. The summed E-state index contributed by atoms with van der Waals surface area (Å²) in [4.78, 5) is 21.6. The lowest BCUT2D eigenvalue weighted by atomic mass is 9.97. The summed E-state index contributed by atoms with van der Waals surface area (Å²) in [6.45, 7) is 2.85. The van der Waals surface area contributed by atoms with E-state index < -0.39 is 11.4 Å². The number of nitrogens with two attached hydrogens (primary N) is 1. The molecule has 1 aliphatic carbocycles. The smallest absolute Gasteiger partial charge is 0.263 e. The van der Waals surface area contributed by atoms with Crippen molar-refractivity contribution in [2.75, 3.05) is 31.1 Å². The fourth-order valence-corrected chi connectivity index (χ4v) is 3.30. The van der Waals surface area contributed by atoms with E-state index in [9.17, 15) is 9.18 Å². The number of piperidine rings is 1. The fourth-order valence-electron chi connectivity index (χ4n) is 3.30. The van der Waals surface area contributed by atoms with Crippen LogP contribution in [0.2, 0.25) is 0 Å². The van der Waals surface area contributed by atoms with Gasteiger partial charge in [0.1, 0.15) is 17.0 Å². The number of hydrogen-bond donors (Lipinski definition) is 2. The Morgan fingerprint density at radius 1 is 1.24 bits per heavy atom. The van der Waals surface area contributed by atoms with Gasteiger partial charge in [0.05, 0.1) is 12.1 Å². The highest BCUT2D eigenvalue weighted by Gasteiger charge is 2.23. The van der Waals surface area contributed by atoms with Gasteiger partial charge < -0.3 is 15.4 Å². The molecule has 3 N–H and O–H groups in total. The number of fused-ring (bicyclic) bond motifs is 1. The van der Waals surface area contributed by atoms with Crippen LogP contribution in [-0.2, 0) is 0 Å². The van der Waals surface area contributed by atoms with Crippen molar-refractivity contribution < 1.29 is 9.13 Å². The van der Waals surface area contributed by atoms with Crippen LogP contribution >= 0.6 is 0 Å². The molecule has 0 unspecified atom stereocenters. The van der Waals surface area contributed by atoms with Gasteiger partial charge in [-0.1, -0.05) is 0 Å². The quantitative estimate of drug-likeness (QED) is 0.865. The van der Waals surface area contributed by atoms with Gasteiger partial charge in [-0.25, -0.2) is 9.37 Å². The lowest BCUT2D eigenvalue weighted by Gasteiger charge is -2.31. The van der Waals surface area contributed by atoms with Gasteiger partial charge in [-0.2, -0.15) is 0 Å². The van der Waals surface area contributed by atoms with Crippen LogP contribution < -0.4 is 20.9 Å². The number of aromatic nitrogens is 2. The van der Waals surface area contributed by atoms with Crippen molar-refractivity contribution in [3.63, 3.8) is 0 Å². The van der Waals surface area contributed by atoms with Crippen LogP contribution in [0.3, 0.4) is 0 Å². The average Bonchev–Trinajstić information content (AvgIpc) is 3.44. The number of H-pyrrole nitrogens is 1. The minimum Gasteiger partial charge on any atom is -0.493 e. The molecule has 2 aromatic rings. The van der Waals surface area contributed by atoms with Gasteiger partial charge in [0.15, 0.2) is 0 Å². The van der Waals surface area contributed by atoms with Crippen LogP contribution in [0.25, 0.3) is 10.9 Å². The number of benzene rings is 1. The number of nitrogens with one attached hydrogen (secondary N) is 1. The first kappa shape index (κ1) is 16.3. The summed E-state index contributed by atoms with van der Waals surface area (Å²) < 4.78 is 20.0. The summed E-state index contributed by atoms with van der Waals surface area (Å²) in [5.41, 5.74) is 5.61. The zero-order valence-electron chi connectivity index (χ0n) is 14.1. The van der Waals surface area contributed by atoms with E-state index in [1.807, 2.05) is 4.90 Å². The van der Waals surface area contributed by atoms with Crippen LogP contribution in [-0.4, -0.2) is 36.2 Å². The normalized spacial score (nSPS) is 18.7. The van der Waals surface area contributed by atoms with E-state index in [0.717, 1.165) is 38.8 Å². The zero-order chi connectivity index (χ0) is 17.4. The first-order valence-corrected chi connectivity index (χ1v) is 8.95. The van der Waals surface area contributed by atoms with Crippen molar-refractivity contribution in [3.8, 4) is 5.75 Å². The SMILES string of the molecule is NCC1CCN(c2nc3cc(OCC4CC4)cc(F)c3c(=O)[nH]2)CC1. The Labute approximate surface area is 145 Å². The molecule has 6 nitrogen and oxygen atoms in total. The van der Waals surface area contributed by atoms with E-state index in [0.29, 0.717) is 42.2 Å². The number of aromatic amines is 1. The first-order valence-electron chi connectivity index (χ1n) is 8.95. The van der Waals surface area contributed by atoms with Crippen LogP contribution in [0.4, 0.5) is 10.3 Å². The van der Waals surface area contributed by atoms with E-state index in [1.54, 1.807) is 6.07 Å². The van der Waals surface area contributed by atoms with Gasteiger partial charge in [0.2, 0.25) is 5.95 Å². The van der Waals surface area contributed by atoms with E-state index in [2.05, 4.69) is 9.97 Å². The summed E-state index contributed by atoms with van der Waals surface area (Å²) in [6.07, 6.45) is 4.27. The number of hydrogen-bond acceptors (Lipinski definition) is 5. The van der Waals surface area contributed by atoms with Gasteiger partial charge in [-0.15, -0.1) is 0 Å². The van der Waals surface area contributed by atoms with E-state index in [1.165, 1.54) is 6.07 Å². The van der Waals surface area contributed by atoms with E-state index in [4.69, 9.17) is 10.5 Å². The Bertz CT molecular complexity index is 826. The molecule has 2 heterocycles. The highest BCUT2D eigenvalue weighted by molar-refractivity contribution is 5.80. The number of halogens is 1. The molecular weight excluding hydrogens is 323 g/mol. The summed E-state index contributed by atoms with van der Waals surface area (Å²) >= 11 is 0. The molecule has 7 heteroatoms. The molecule has 1 saturated heterocycles. The van der Waals surface area contributed by atoms with Gasteiger partial charge in [0.25, 0.3) is 5.56 Å². The largest absolute Gasteiger partial charge is 0.493 e. The summed E-state index contributed by atoms with van der Waals surface area (Å²) in [6, 6.07) is 2.93. The summed E-state index contributed by atoms with van der Waals surface area (Å²) in [7, 11) is 0. The minimum absolute atomic E-state index is 0.0145. The van der Waals surface area contributed by atoms with Gasteiger partial charge in [-0.05, 0) is 44.1 Å². The summed E-state index contributed by atoms with van der Waals surface area (Å²) in [5.74, 6) is 1.42. The van der Waals surface area contributed by atoms with Crippen molar-refractivity contribution in [1.82, 2.24) is 9.97 Å². The molecule has 2 fully saturated rings. The third-order valence-corrected chi connectivity index (χ3v) is 5.15. The summed E-state index contributed by atoms with van der Waals surface area (Å²) in [5, 5.41) is -0.0145. The lowest BCUT2D eigenvalue weighted by Crippen LogP contribution is -2.37. The molecule has 1 aromatic heterocycles. The number of anilines is 1. The maximum absolute atomic E-state index is 14.4. The molecule has 0 spiro atoms. The lowest BCUT2D eigenvalue weighted by molar-refractivity contribution is 0.299. The predicted molar refractivity (Wildman–Crippen MR) is 94.5 cm³/mol. The third kappa shape index (κ3) is 3.46. The van der Waals surface area contributed by atoms with Crippen molar-refractivity contribution in [1.29, 1.82) is 0 Å². The van der Waals surface area contributed by atoms with Crippen LogP contribution in [0.15, 0.2) is 16.9 Å². The molecule has 0 atom stereocenters. The highest BCUT2D eigenvalue weighted by atomic mass is 19.1. The van der Waals surface area contributed by atoms with Gasteiger partial charge in [0, 0.05) is 25.2 Å². The van der Waals surface area contributed by atoms with E-state index >= 15 is 0 Å². The molecule has 1 aromatic carbocycles. The van der Waals surface area contributed by atoms with Gasteiger partial charge in [-0.3, -0.25) is 9.78 Å². The van der Waals surface area contributed by atoms with Crippen molar-refractivity contribution in [2.24, 2.45) is 17.6 Å². The topological polar surface area (TPSA) is 84.2 Å². The molecule has 1 aliphatic heterocycles. The zero-order valence-corrected chi connectivity index (χ0v) is 14.1. The second-order valence-electron chi connectivity index (χ2n) is 7.11. The molecule has 25 heavy (non-hydrogen) atoms. The molecule has 4 rings (SSSR count). The Hall–Kier alpha value is -2.15. The molecular formula is C18H23FN4O2. The van der Waals surface area contributed by atoms with E-state index in [-0.39, 0.29) is 5.39 Å². The van der Waals surface area contributed by atoms with Crippen LogP contribution in [0.1, 0.15) is 25.7 Å². The minimum atomic E-state index is -0.592. The standard InChI is InChI=1S/C18H23FN4O2/c19-14-7-13(25-10-12-1-2-12)8-15-16(14)17(24)22-18(21-15)23-5-3-11(9-20)4-6-23/h7-8,11-12H,1-6,9-10,20H2,(H,21,22,24). The highest BCUT2D eigenvalue weighted by Crippen LogP contribution is 2.30. The molecule has 2 aliphatic rings. The van der Waals surface area contributed by atoms with Crippen molar-refractivity contribution >= 4 is 16.9 Å². The molecule has 134 valence electrons. The molecule has 0 bridgehead atoms. The molecule has 0 amide bonds. The average molecular weight is 346 g/mol. The maximum atomic E-state index is 14.4. The molecule has 1 saturated carbocycles. The first-order chi connectivity index (χ1) is 12.1. The second kappa shape index (κ2) is 6.63. The van der Waals surface area contributed by atoms with Crippen LogP contribution in [0, 0.1) is 17.7 Å². The van der Waals surface area contributed by atoms with Crippen molar-refractivity contribution in [3.05, 3.63) is 28.3 Å². The Kier molecular flexibility index (Phi) is 4.33. The monoisotopic (exact) mass is 346 g/mol. The van der Waals surface area contributed by atoms with Crippen LogP contribution in [0.5, 0.6) is 5.75 Å². The number of ether oxygens (including phenoxy) is 1. The van der Waals surface area contributed by atoms with Gasteiger partial charge >= 0.3 is 0 Å². The third-order valence-electron chi connectivity index (χ3n) is 5.15. The second-order valence-corrected chi connectivity index (χ2v) is 7.11. The number of nitrogens with zero attached hydrogens (tertiary/aromatic N) is 2. The maximum Gasteiger partial charge on any atom is 0.263 e. The Morgan fingerprint density at radius 2 is 2.00 bits per heavy atom. The fraction of sp³-hybridized carbons (Fsp3) is 0.556. The Morgan fingerprint density at radius 3 is 2.68 bits per heavy atom.